The third-order valence-corrected chi connectivity index (χ3v) is 4.23. The minimum Gasteiger partial charge on any atom is -0.493 e. The molecule has 1 aromatic heterocycles. The molecular formula is C21H20ClN3O3. The molecule has 0 fully saturated rings. The predicted octanol–water partition coefficient (Wildman–Crippen LogP) is 4.68. The maximum Gasteiger partial charge on any atom is 0.228 e. The summed E-state index contributed by atoms with van der Waals surface area (Å²) in [6.07, 6.45) is 1.87. The number of aromatic nitrogens is 1. The summed E-state index contributed by atoms with van der Waals surface area (Å²) < 4.78 is 10.5. The zero-order valence-electron chi connectivity index (χ0n) is 15.5. The molecule has 0 unspecified atom stereocenters. The molecule has 0 aliphatic carbocycles. The van der Waals surface area contributed by atoms with Crippen LogP contribution < -0.4 is 20.1 Å². The summed E-state index contributed by atoms with van der Waals surface area (Å²) in [5.41, 5.74) is 2.32. The van der Waals surface area contributed by atoms with Crippen molar-refractivity contribution in [1.82, 2.24) is 4.98 Å². The van der Waals surface area contributed by atoms with E-state index in [1.165, 1.54) is 0 Å². The summed E-state index contributed by atoms with van der Waals surface area (Å²) in [6.45, 7) is 0. The summed E-state index contributed by atoms with van der Waals surface area (Å²) in [5.74, 6) is 1.80. The van der Waals surface area contributed by atoms with Crippen molar-refractivity contribution in [3.05, 3.63) is 71.4 Å². The molecule has 1 heterocycles. The summed E-state index contributed by atoms with van der Waals surface area (Å²) in [6, 6.07) is 16.3. The Kier molecular flexibility index (Phi) is 6.34. The molecule has 0 radical (unpaired) electrons. The predicted molar refractivity (Wildman–Crippen MR) is 111 cm³/mol. The van der Waals surface area contributed by atoms with Crippen LogP contribution in [0.3, 0.4) is 0 Å². The Morgan fingerprint density at radius 1 is 0.964 bits per heavy atom. The van der Waals surface area contributed by atoms with Crippen LogP contribution in [0.5, 0.6) is 11.5 Å². The minimum atomic E-state index is -0.121. The number of pyridine rings is 1. The van der Waals surface area contributed by atoms with Gasteiger partial charge in [0.15, 0.2) is 11.5 Å². The Morgan fingerprint density at radius 2 is 1.68 bits per heavy atom. The average molecular weight is 398 g/mol. The number of ether oxygens (including phenoxy) is 2. The van der Waals surface area contributed by atoms with Crippen LogP contribution in [-0.4, -0.2) is 25.1 Å². The van der Waals surface area contributed by atoms with Crippen LogP contribution in [0.2, 0.25) is 5.02 Å². The monoisotopic (exact) mass is 397 g/mol. The number of nitrogens with one attached hydrogen (secondary N) is 2. The molecular weight excluding hydrogens is 378 g/mol. The molecule has 3 aromatic rings. The quantitative estimate of drug-likeness (QED) is 0.605. The van der Waals surface area contributed by atoms with Crippen molar-refractivity contribution in [3.8, 4) is 11.5 Å². The SMILES string of the molecule is COc1ccc(Nc2ccc(NC(=O)Cc3ccc(Cl)cc3)cn2)cc1OC. The number of hydrogen-bond donors (Lipinski definition) is 2. The van der Waals surface area contributed by atoms with Crippen molar-refractivity contribution in [2.45, 2.75) is 6.42 Å². The van der Waals surface area contributed by atoms with Gasteiger partial charge in [-0.25, -0.2) is 4.98 Å². The highest BCUT2D eigenvalue weighted by molar-refractivity contribution is 6.30. The smallest absolute Gasteiger partial charge is 0.228 e. The number of halogens is 1. The fourth-order valence-electron chi connectivity index (χ4n) is 2.60. The van der Waals surface area contributed by atoms with Crippen LogP contribution >= 0.6 is 11.6 Å². The van der Waals surface area contributed by atoms with Crippen molar-refractivity contribution in [3.63, 3.8) is 0 Å². The summed E-state index contributed by atoms with van der Waals surface area (Å²) in [4.78, 5) is 16.5. The average Bonchev–Trinajstić information content (AvgIpc) is 2.71. The number of nitrogens with zero attached hydrogens (tertiary/aromatic N) is 1. The van der Waals surface area contributed by atoms with E-state index >= 15 is 0 Å². The maximum absolute atomic E-state index is 12.2. The lowest BCUT2D eigenvalue weighted by atomic mass is 10.1. The van der Waals surface area contributed by atoms with Gasteiger partial charge in [-0.05, 0) is 42.0 Å². The second-order valence-electron chi connectivity index (χ2n) is 5.98. The molecule has 0 aliphatic rings. The van der Waals surface area contributed by atoms with E-state index in [0.29, 0.717) is 28.0 Å². The normalized spacial score (nSPS) is 10.2. The van der Waals surface area contributed by atoms with Crippen molar-refractivity contribution >= 4 is 34.7 Å². The van der Waals surface area contributed by atoms with Crippen LogP contribution in [0.15, 0.2) is 60.8 Å². The molecule has 1 amide bonds. The van der Waals surface area contributed by atoms with E-state index in [4.69, 9.17) is 21.1 Å². The molecule has 3 rings (SSSR count). The number of benzene rings is 2. The Morgan fingerprint density at radius 3 is 2.32 bits per heavy atom. The summed E-state index contributed by atoms with van der Waals surface area (Å²) in [5, 5.41) is 6.66. The van der Waals surface area contributed by atoms with Crippen LogP contribution in [0.4, 0.5) is 17.2 Å². The van der Waals surface area contributed by atoms with Crippen molar-refractivity contribution in [2.75, 3.05) is 24.9 Å². The van der Waals surface area contributed by atoms with Gasteiger partial charge >= 0.3 is 0 Å². The zero-order chi connectivity index (χ0) is 19.9. The minimum absolute atomic E-state index is 0.121. The molecule has 144 valence electrons. The fourth-order valence-corrected chi connectivity index (χ4v) is 2.72. The number of anilines is 3. The Hall–Kier alpha value is -3.25. The molecule has 0 saturated heterocycles. The number of methoxy groups -OCH3 is 2. The van der Waals surface area contributed by atoms with E-state index in [1.807, 2.05) is 30.3 Å². The summed E-state index contributed by atoms with van der Waals surface area (Å²) >= 11 is 5.85. The van der Waals surface area contributed by atoms with Gasteiger partial charge in [-0.15, -0.1) is 0 Å². The van der Waals surface area contributed by atoms with Gasteiger partial charge < -0.3 is 20.1 Å². The van der Waals surface area contributed by atoms with Gasteiger partial charge in [-0.3, -0.25) is 4.79 Å². The first kappa shape index (κ1) is 19.5. The number of hydrogen-bond acceptors (Lipinski definition) is 5. The molecule has 6 nitrogen and oxygen atoms in total. The van der Waals surface area contributed by atoms with E-state index in [1.54, 1.807) is 44.7 Å². The molecule has 0 saturated carbocycles. The highest BCUT2D eigenvalue weighted by Gasteiger charge is 2.07. The van der Waals surface area contributed by atoms with E-state index in [0.717, 1.165) is 11.3 Å². The lowest BCUT2D eigenvalue weighted by molar-refractivity contribution is -0.115. The lowest BCUT2D eigenvalue weighted by Crippen LogP contribution is -2.14. The topological polar surface area (TPSA) is 72.5 Å². The van der Waals surface area contributed by atoms with Crippen LogP contribution in [0.1, 0.15) is 5.56 Å². The molecule has 2 aromatic carbocycles. The van der Waals surface area contributed by atoms with Gasteiger partial charge in [0.1, 0.15) is 5.82 Å². The van der Waals surface area contributed by atoms with Gasteiger partial charge in [0.2, 0.25) is 5.91 Å². The van der Waals surface area contributed by atoms with Gasteiger partial charge in [-0.1, -0.05) is 23.7 Å². The van der Waals surface area contributed by atoms with Crippen molar-refractivity contribution in [2.24, 2.45) is 0 Å². The third-order valence-electron chi connectivity index (χ3n) is 3.98. The standard InChI is InChI=1S/C21H20ClN3O3/c1-27-18-9-7-16(12-19(18)28-2)24-20-10-8-17(13-23-20)25-21(26)11-14-3-5-15(22)6-4-14/h3-10,12-13H,11H2,1-2H3,(H,23,24)(H,25,26). The number of carbonyl (C=O) groups excluding carboxylic acids is 1. The molecule has 2 N–H and O–H groups in total. The van der Waals surface area contributed by atoms with Crippen molar-refractivity contribution in [1.29, 1.82) is 0 Å². The molecule has 0 atom stereocenters. The van der Waals surface area contributed by atoms with Crippen LogP contribution in [-0.2, 0) is 11.2 Å². The molecule has 0 bridgehead atoms. The number of amides is 1. The van der Waals surface area contributed by atoms with E-state index < -0.39 is 0 Å². The first-order valence-corrected chi connectivity index (χ1v) is 8.94. The number of carbonyl (C=O) groups is 1. The molecule has 0 spiro atoms. The van der Waals surface area contributed by atoms with Crippen LogP contribution in [0, 0.1) is 0 Å². The van der Waals surface area contributed by atoms with E-state index in [9.17, 15) is 4.79 Å². The second-order valence-corrected chi connectivity index (χ2v) is 6.41. The Labute approximate surface area is 168 Å². The highest BCUT2D eigenvalue weighted by Crippen LogP contribution is 2.30. The maximum atomic E-state index is 12.2. The fraction of sp³-hybridized carbons (Fsp3) is 0.143. The van der Waals surface area contributed by atoms with Crippen LogP contribution in [0.25, 0.3) is 0 Å². The lowest BCUT2D eigenvalue weighted by Gasteiger charge is -2.11. The van der Waals surface area contributed by atoms with Gasteiger partial charge in [0.05, 0.1) is 32.5 Å². The molecule has 0 aliphatic heterocycles. The first-order valence-electron chi connectivity index (χ1n) is 8.57. The Bertz CT molecular complexity index is 944. The largest absolute Gasteiger partial charge is 0.493 e. The molecule has 7 heteroatoms. The summed E-state index contributed by atoms with van der Waals surface area (Å²) in [7, 11) is 3.17. The van der Waals surface area contributed by atoms with E-state index in [-0.39, 0.29) is 12.3 Å². The first-order chi connectivity index (χ1) is 13.6. The van der Waals surface area contributed by atoms with Gasteiger partial charge in [0.25, 0.3) is 0 Å². The zero-order valence-corrected chi connectivity index (χ0v) is 16.3. The number of rotatable bonds is 7. The van der Waals surface area contributed by atoms with Gasteiger partial charge in [-0.2, -0.15) is 0 Å². The van der Waals surface area contributed by atoms with E-state index in [2.05, 4.69) is 15.6 Å². The highest BCUT2D eigenvalue weighted by atomic mass is 35.5. The van der Waals surface area contributed by atoms with Crippen molar-refractivity contribution < 1.29 is 14.3 Å². The second kappa shape index (κ2) is 9.10. The third kappa shape index (κ3) is 5.14. The Balaban J connectivity index is 1.60. The molecule has 28 heavy (non-hydrogen) atoms. The van der Waals surface area contributed by atoms with Gasteiger partial charge in [0, 0.05) is 16.8 Å².